The maximum atomic E-state index is 10.0. The minimum Gasteiger partial charge on any atom is -0.506 e. The van der Waals surface area contributed by atoms with E-state index in [4.69, 9.17) is 0 Å². The molecule has 0 aromatic carbocycles. The first-order valence-corrected chi connectivity index (χ1v) is 7.38. The van der Waals surface area contributed by atoms with Gasteiger partial charge in [0.25, 0.3) is 0 Å². The van der Waals surface area contributed by atoms with E-state index in [1.807, 2.05) is 0 Å². The van der Waals surface area contributed by atoms with E-state index in [1.54, 1.807) is 24.5 Å². The zero-order valence-electron chi connectivity index (χ0n) is 12.0. The molecule has 0 aliphatic carbocycles. The number of pyridine rings is 1. The molecule has 108 valence electrons. The van der Waals surface area contributed by atoms with Crippen LogP contribution in [0.25, 0.3) is 0 Å². The normalized spacial score (nSPS) is 11.0. The molecule has 2 aromatic rings. The number of thiophene rings is 1. The quantitative estimate of drug-likeness (QED) is 0.792. The molecule has 5 heteroatoms. The van der Waals surface area contributed by atoms with Gasteiger partial charge in [-0.25, -0.2) is 0 Å². The van der Waals surface area contributed by atoms with Gasteiger partial charge in [0.15, 0.2) is 0 Å². The molecule has 0 atom stereocenters. The highest BCUT2D eigenvalue weighted by Gasteiger charge is 2.11. The molecule has 2 aromatic heterocycles. The summed E-state index contributed by atoms with van der Waals surface area (Å²) in [5.41, 5.74) is 3.29. The molecule has 4 nitrogen and oxygen atoms in total. The molecule has 0 aliphatic rings. The van der Waals surface area contributed by atoms with Crippen molar-refractivity contribution < 1.29 is 10.2 Å². The number of aryl methyl sites for hydroxylation is 3. The molecule has 0 radical (unpaired) electrons. The highest BCUT2D eigenvalue weighted by atomic mass is 32.1. The second-order valence-electron chi connectivity index (χ2n) is 4.91. The molecule has 0 amide bonds. The Morgan fingerprint density at radius 1 is 1.25 bits per heavy atom. The fraction of sp³-hybridized carbons (Fsp3) is 0.400. The van der Waals surface area contributed by atoms with Crippen LogP contribution >= 0.6 is 11.3 Å². The highest BCUT2D eigenvalue weighted by molar-refractivity contribution is 7.12. The average Bonchev–Trinajstić information content (AvgIpc) is 2.74. The number of aromatic hydroxyl groups is 1. The van der Waals surface area contributed by atoms with Crippen LogP contribution in [-0.2, 0) is 19.7 Å². The molecule has 2 heterocycles. The number of aliphatic hydroxyl groups is 1. The van der Waals surface area contributed by atoms with Gasteiger partial charge in [0.2, 0.25) is 0 Å². The smallest absolute Gasteiger partial charge is 0.141 e. The van der Waals surface area contributed by atoms with E-state index >= 15 is 0 Å². The molecule has 0 saturated heterocycles. The number of hydrogen-bond acceptors (Lipinski definition) is 5. The van der Waals surface area contributed by atoms with Crippen LogP contribution < -0.4 is 5.32 Å². The van der Waals surface area contributed by atoms with Crippen LogP contribution in [0.15, 0.2) is 12.3 Å². The summed E-state index contributed by atoms with van der Waals surface area (Å²) in [6.07, 6.45) is 1.62. The lowest BCUT2D eigenvalue weighted by molar-refractivity contribution is 0.278. The van der Waals surface area contributed by atoms with E-state index < -0.39 is 0 Å². The molecule has 0 spiro atoms. The molecule has 0 aliphatic heterocycles. The van der Waals surface area contributed by atoms with Gasteiger partial charge in [-0.1, -0.05) is 0 Å². The van der Waals surface area contributed by atoms with Gasteiger partial charge in [0.05, 0.1) is 12.3 Å². The lowest BCUT2D eigenvalue weighted by atomic mass is 10.1. The van der Waals surface area contributed by atoms with Crippen LogP contribution in [0.1, 0.15) is 32.1 Å². The third-order valence-electron chi connectivity index (χ3n) is 3.42. The summed E-state index contributed by atoms with van der Waals surface area (Å²) >= 11 is 1.78. The maximum absolute atomic E-state index is 10.0. The van der Waals surface area contributed by atoms with Crippen molar-refractivity contribution in [3.63, 3.8) is 0 Å². The SMILES string of the molecule is Cc1cc(CNCc2c(CO)cnc(C)c2O)sc1C. The van der Waals surface area contributed by atoms with Crippen LogP contribution in [0.5, 0.6) is 5.75 Å². The fourth-order valence-electron chi connectivity index (χ4n) is 2.07. The number of rotatable bonds is 5. The van der Waals surface area contributed by atoms with Crippen molar-refractivity contribution >= 4 is 11.3 Å². The number of nitrogens with zero attached hydrogens (tertiary/aromatic N) is 1. The molecule has 0 bridgehead atoms. The molecule has 20 heavy (non-hydrogen) atoms. The predicted octanol–water partition coefficient (Wildman–Crippen LogP) is 2.56. The topological polar surface area (TPSA) is 65.4 Å². The van der Waals surface area contributed by atoms with E-state index in [1.165, 1.54) is 15.3 Å². The number of aliphatic hydroxyl groups excluding tert-OH is 1. The van der Waals surface area contributed by atoms with Gasteiger partial charge >= 0.3 is 0 Å². The third kappa shape index (κ3) is 3.17. The Labute approximate surface area is 123 Å². The second kappa shape index (κ2) is 6.35. The van der Waals surface area contributed by atoms with Crippen LogP contribution in [0.4, 0.5) is 0 Å². The molecule has 0 fully saturated rings. The first-order chi connectivity index (χ1) is 9.52. The predicted molar refractivity (Wildman–Crippen MR) is 80.9 cm³/mol. The first-order valence-electron chi connectivity index (χ1n) is 6.56. The van der Waals surface area contributed by atoms with Gasteiger partial charge in [-0.3, -0.25) is 4.98 Å². The van der Waals surface area contributed by atoms with Crippen molar-refractivity contribution in [1.82, 2.24) is 10.3 Å². The Hall–Kier alpha value is -1.43. The summed E-state index contributed by atoms with van der Waals surface area (Å²) in [6, 6.07) is 2.18. The van der Waals surface area contributed by atoms with Gasteiger partial charge in [-0.15, -0.1) is 11.3 Å². The van der Waals surface area contributed by atoms with E-state index in [9.17, 15) is 10.2 Å². The summed E-state index contributed by atoms with van der Waals surface area (Å²) in [5, 5.41) is 22.7. The van der Waals surface area contributed by atoms with Crippen molar-refractivity contribution in [1.29, 1.82) is 0 Å². The largest absolute Gasteiger partial charge is 0.506 e. The van der Waals surface area contributed by atoms with E-state index in [0.717, 1.165) is 12.1 Å². The summed E-state index contributed by atoms with van der Waals surface area (Å²) in [4.78, 5) is 6.66. The monoisotopic (exact) mass is 292 g/mol. The summed E-state index contributed by atoms with van der Waals surface area (Å²) in [7, 11) is 0. The van der Waals surface area contributed by atoms with Crippen LogP contribution in [-0.4, -0.2) is 15.2 Å². The molecular weight excluding hydrogens is 272 g/mol. The molecule has 0 saturated carbocycles. The van der Waals surface area contributed by atoms with Gasteiger partial charge < -0.3 is 15.5 Å². The number of nitrogens with one attached hydrogen (secondary N) is 1. The minimum absolute atomic E-state index is 0.116. The van der Waals surface area contributed by atoms with Gasteiger partial charge in [0.1, 0.15) is 5.75 Å². The van der Waals surface area contributed by atoms with Crippen molar-refractivity contribution in [3.8, 4) is 5.75 Å². The zero-order valence-corrected chi connectivity index (χ0v) is 12.8. The van der Waals surface area contributed by atoms with Gasteiger partial charge in [0, 0.05) is 40.2 Å². The Bertz CT molecular complexity index is 589. The molecule has 0 unspecified atom stereocenters. The minimum atomic E-state index is -0.116. The average molecular weight is 292 g/mol. The van der Waals surface area contributed by atoms with Crippen molar-refractivity contribution in [2.24, 2.45) is 0 Å². The van der Waals surface area contributed by atoms with E-state index in [0.29, 0.717) is 17.8 Å². The lowest BCUT2D eigenvalue weighted by Crippen LogP contribution is -2.14. The van der Waals surface area contributed by atoms with Crippen molar-refractivity contribution in [2.45, 2.75) is 40.5 Å². The van der Waals surface area contributed by atoms with E-state index in [-0.39, 0.29) is 12.4 Å². The maximum Gasteiger partial charge on any atom is 0.141 e. The second-order valence-corrected chi connectivity index (χ2v) is 6.25. The third-order valence-corrected chi connectivity index (χ3v) is 4.57. The zero-order chi connectivity index (χ0) is 14.7. The van der Waals surface area contributed by atoms with Crippen LogP contribution in [0, 0.1) is 20.8 Å². The molecular formula is C15H20N2O2S. The summed E-state index contributed by atoms with van der Waals surface area (Å²) < 4.78 is 0. The van der Waals surface area contributed by atoms with Crippen molar-refractivity contribution in [2.75, 3.05) is 0 Å². The Morgan fingerprint density at radius 2 is 2.00 bits per heavy atom. The summed E-state index contributed by atoms with van der Waals surface area (Å²) in [6.45, 7) is 7.13. The standard InChI is InChI=1S/C15H20N2O2S/c1-9-4-13(20-11(9)3)6-16-7-14-12(8-18)5-17-10(2)15(14)19/h4-5,16,18-19H,6-8H2,1-3H3. The Morgan fingerprint density at radius 3 is 2.60 bits per heavy atom. The number of hydrogen-bond donors (Lipinski definition) is 3. The molecule has 2 rings (SSSR count). The Kier molecular flexibility index (Phi) is 4.75. The van der Waals surface area contributed by atoms with Gasteiger partial charge in [-0.05, 0) is 32.4 Å². The lowest BCUT2D eigenvalue weighted by Gasteiger charge is -2.11. The van der Waals surface area contributed by atoms with Crippen LogP contribution in [0.2, 0.25) is 0 Å². The van der Waals surface area contributed by atoms with Crippen molar-refractivity contribution in [3.05, 3.63) is 44.4 Å². The molecule has 3 N–H and O–H groups in total. The highest BCUT2D eigenvalue weighted by Crippen LogP contribution is 2.24. The van der Waals surface area contributed by atoms with Crippen LogP contribution in [0.3, 0.4) is 0 Å². The van der Waals surface area contributed by atoms with E-state index in [2.05, 4.69) is 30.2 Å². The van der Waals surface area contributed by atoms with Gasteiger partial charge in [-0.2, -0.15) is 0 Å². The Balaban J connectivity index is 2.05. The first kappa shape index (κ1) is 15.0. The summed E-state index contributed by atoms with van der Waals surface area (Å²) in [5.74, 6) is 0.169. The number of aromatic nitrogens is 1. The fourth-order valence-corrected chi connectivity index (χ4v) is 3.09.